The van der Waals surface area contributed by atoms with Gasteiger partial charge in [-0.25, -0.2) is 0 Å². The minimum Gasteiger partial charge on any atom is -0.311 e. The van der Waals surface area contributed by atoms with Gasteiger partial charge in [0.25, 0.3) is 0 Å². The molecule has 186 valence electrons. The van der Waals surface area contributed by atoms with Crippen molar-refractivity contribution in [2.75, 3.05) is 4.90 Å². The lowest BCUT2D eigenvalue weighted by Gasteiger charge is -2.32. The van der Waals surface area contributed by atoms with Gasteiger partial charge in [-0.3, -0.25) is 0 Å². The molecule has 0 N–H and O–H groups in total. The summed E-state index contributed by atoms with van der Waals surface area (Å²) in [5.41, 5.74) is 12.9. The van der Waals surface area contributed by atoms with Crippen LogP contribution in [0.1, 0.15) is 5.56 Å². The maximum Gasteiger partial charge on any atom is 0.141 e. The smallest absolute Gasteiger partial charge is 0.141 e. The van der Waals surface area contributed by atoms with Crippen molar-refractivity contribution in [3.05, 3.63) is 95.0 Å². The molecule has 1 aromatic heterocycles. The van der Waals surface area contributed by atoms with E-state index in [-0.39, 0.29) is 0 Å². The first-order valence-electron chi connectivity index (χ1n) is 13.4. The van der Waals surface area contributed by atoms with E-state index in [1.807, 2.05) is 12.1 Å². The first kappa shape index (κ1) is 26.6. The summed E-state index contributed by atoms with van der Waals surface area (Å²) in [6.07, 6.45) is 0. The predicted molar refractivity (Wildman–Crippen MR) is 193 cm³/mol. The molecule has 0 atom stereocenters. The van der Waals surface area contributed by atoms with Crippen molar-refractivity contribution in [1.29, 1.82) is 5.26 Å². The molecule has 0 aliphatic rings. The number of para-hydroxylation sites is 1. The fraction of sp³-hybridized carbons (Fsp3) is 0. The fourth-order valence-electron chi connectivity index (χ4n) is 5.77. The van der Waals surface area contributed by atoms with Crippen LogP contribution in [0.4, 0.5) is 17.1 Å². The molecule has 6 rings (SSSR count). The number of halogens is 1. The highest BCUT2D eigenvalue weighted by Gasteiger charge is 2.24. The van der Waals surface area contributed by atoms with E-state index in [4.69, 9.17) is 0 Å². The number of hydrogen-bond acceptors (Lipinski definition) is 3. The number of thiophene rings is 1. The van der Waals surface area contributed by atoms with Crippen molar-refractivity contribution in [3.63, 3.8) is 0 Å². The third-order valence-corrected chi connectivity index (χ3v) is 10.0. The molecular formula is C31H24B5BrN2S. The summed E-state index contributed by atoms with van der Waals surface area (Å²) in [7, 11) is 11.1. The van der Waals surface area contributed by atoms with E-state index >= 15 is 0 Å². The van der Waals surface area contributed by atoms with E-state index in [0.717, 1.165) is 37.1 Å². The molecule has 0 aliphatic heterocycles. The van der Waals surface area contributed by atoms with Gasteiger partial charge in [0, 0.05) is 31.3 Å². The molecule has 2 nitrogen and oxygen atoms in total. The highest BCUT2D eigenvalue weighted by atomic mass is 79.9. The zero-order valence-electron chi connectivity index (χ0n) is 23.3. The summed E-state index contributed by atoms with van der Waals surface area (Å²) in [6.45, 7) is 0. The van der Waals surface area contributed by atoms with Crippen LogP contribution < -0.4 is 32.2 Å². The maximum atomic E-state index is 10.1. The van der Waals surface area contributed by atoms with E-state index in [1.54, 1.807) is 11.3 Å². The Morgan fingerprint density at radius 1 is 0.700 bits per heavy atom. The van der Waals surface area contributed by atoms with Crippen molar-refractivity contribution in [3.8, 4) is 17.2 Å². The van der Waals surface area contributed by atoms with Crippen molar-refractivity contribution in [1.82, 2.24) is 0 Å². The van der Waals surface area contributed by atoms with Gasteiger partial charge in [-0.2, -0.15) is 5.26 Å². The lowest BCUT2D eigenvalue weighted by Crippen LogP contribution is -2.56. The molecule has 0 unspecified atom stereocenters. The molecular weight excluding hydrogens is 566 g/mol. The van der Waals surface area contributed by atoms with Crippen LogP contribution in [0.3, 0.4) is 0 Å². The van der Waals surface area contributed by atoms with E-state index in [9.17, 15) is 5.26 Å². The molecule has 0 spiro atoms. The van der Waals surface area contributed by atoms with Gasteiger partial charge < -0.3 is 4.90 Å². The topological polar surface area (TPSA) is 27.0 Å². The second-order valence-corrected chi connectivity index (χ2v) is 12.4. The molecule has 0 fully saturated rings. The highest BCUT2D eigenvalue weighted by Crippen LogP contribution is 2.46. The first-order chi connectivity index (χ1) is 19.3. The summed E-state index contributed by atoms with van der Waals surface area (Å²) < 4.78 is 3.26. The Kier molecular flexibility index (Phi) is 6.94. The van der Waals surface area contributed by atoms with Crippen LogP contribution in [0.15, 0.2) is 89.4 Å². The summed E-state index contributed by atoms with van der Waals surface area (Å²) in [4.78, 5) is 2.41. The van der Waals surface area contributed by atoms with Gasteiger partial charge in [0.15, 0.2) is 0 Å². The van der Waals surface area contributed by atoms with E-state index < -0.39 is 0 Å². The maximum absolute atomic E-state index is 10.1. The molecule has 1 heterocycles. The second kappa shape index (κ2) is 10.4. The number of nitriles is 1. The number of fused-ring (bicyclic) bond motifs is 3. The zero-order valence-corrected chi connectivity index (χ0v) is 25.7. The second-order valence-electron chi connectivity index (χ2n) is 10.4. The fourth-order valence-corrected chi connectivity index (χ4v) is 7.33. The number of anilines is 3. The SMILES string of the molecule is Bc1c(B)c(B)c(N(c2ccccc2)c2ccc(C#N)c3sc4ccc(-c5cccc(Br)c5)cc4c23)c(B)c1B. The quantitative estimate of drug-likeness (QED) is 0.288. The molecule has 0 bridgehead atoms. The standard InChI is InChI=1S/C31H24B5BrN2S/c32-25-26(33)28(35)30(29(36)27(25)34)39(20-7-2-1-3-8-20)22-11-9-18(15-38)31-24(22)21-14-17(10-12-23(21)40-31)16-5-4-6-19(37)13-16/h1-14H,32-36H2. The van der Waals surface area contributed by atoms with Gasteiger partial charge in [-0.05, 0) is 59.7 Å². The molecule has 0 amide bonds. The normalized spacial score (nSPS) is 11.1. The van der Waals surface area contributed by atoms with Gasteiger partial charge in [0.2, 0.25) is 0 Å². The Labute approximate surface area is 252 Å². The van der Waals surface area contributed by atoms with Gasteiger partial charge in [-0.1, -0.05) is 74.2 Å². The third-order valence-electron chi connectivity index (χ3n) is 8.31. The third kappa shape index (κ3) is 4.31. The van der Waals surface area contributed by atoms with Crippen LogP contribution in [0.25, 0.3) is 31.3 Å². The minimum atomic E-state index is 0.710. The zero-order chi connectivity index (χ0) is 28.1. The summed E-state index contributed by atoms with van der Waals surface area (Å²) in [6, 6.07) is 32.3. The summed E-state index contributed by atoms with van der Waals surface area (Å²) in [5, 5.41) is 12.4. The molecule has 9 heteroatoms. The Bertz CT molecular complexity index is 1970. The lowest BCUT2D eigenvalue weighted by molar-refractivity contribution is 1.32. The van der Waals surface area contributed by atoms with Crippen molar-refractivity contribution in [2.24, 2.45) is 0 Å². The Balaban J connectivity index is 1.74. The molecule has 0 saturated carbocycles. The monoisotopic (exact) mass is 590 g/mol. The average Bonchev–Trinajstić information content (AvgIpc) is 3.36. The van der Waals surface area contributed by atoms with Crippen molar-refractivity contribution >= 4 is 131 Å². The minimum absolute atomic E-state index is 0.710. The van der Waals surface area contributed by atoms with Crippen LogP contribution >= 0.6 is 27.3 Å². The summed E-state index contributed by atoms with van der Waals surface area (Å²) in [5.74, 6) is 0. The number of hydrogen-bond donors (Lipinski definition) is 0. The van der Waals surface area contributed by atoms with Crippen LogP contribution in [0.5, 0.6) is 0 Å². The molecule has 40 heavy (non-hydrogen) atoms. The molecule has 6 aromatic rings. The average molecular weight is 591 g/mol. The van der Waals surface area contributed by atoms with Crippen molar-refractivity contribution < 1.29 is 0 Å². The van der Waals surface area contributed by atoms with E-state index in [1.165, 1.54) is 43.1 Å². The number of benzene rings is 5. The van der Waals surface area contributed by atoms with Gasteiger partial charge in [-0.15, -0.1) is 16.8 Å². The van der Waals surface area contributed by atoms with Crippen LogP contribution in [-0.2, 0) is 0 Å². The number of rotatable bonds is 4. The molecule has 0 radical (unpaired) electrons. The Hall–Kier alpha value is -3.59. The van der Waals surface area contributed by atoms with Gasteiger partial charge >= 0.3 is 0 Å². The first-order valence-corrected chi connectivity index (χ1v) is 15.0. The molecule has 0 aliphatic carbocycles. The molecule has 0 saturated heterocycles. The van der Waals surface area contributed by atoms with Gasteiger partial charge in [0.1, 0.15) is 45.3 Å². The Morgan fingerprint density at radius 3 is 2.05 bits per heavy atom. The van der Waals surface area contributed by atoms with E-state index in [2.05, 4.69) is 139 Å². The van der Waals surface area contributed by atoms with Crippen LogP contribution in [-0.4, -0.2) is 39.2 Å². The van der Waals surface area contributed by atoms with Gasteiger partial charge in [0.05, 0.1) is 16.0 Å². The largest absolute Gasteiger partial charge is 0.311 e. The highest BCUT2D eigenvalue weighted by molar-refractivity contribution is 9.10. The lowest BCUT2D eigenvalue weighted by atomic mass is 9.61. The summed E-state index contributed by atoms with van der Waals surface area (Å²) >= 11 is 5.33. The Morgan fingerprint density at radius 2 is 1.38 bits per heavy atom. The van der Waals surface area contributed by atoms with E-state index in [0.29, 0.717) is 5.56 Å². The van der Waals surface area contributed by atoms with Crippen LogP contribution in [0.2, 0.25) is 0 Å². The number of nitrogens with zero attached hydrogens (tertiary/aromatic N) is 2. The predicted octanol–water partition coefficient (Wildman–Crippen LogP) is 1.12. The molecule has 5 aromatic carbocycles. The van der Waals surface area contributed by atoms with Crippen LogP contribution in [0, 0.1) is 11.3 Å². The van der Waals surface area contributed by atoms with Crippen molar-refractivity contribution in [2.45, 2.75) is 0 Å².